The molecule has 0 atom stereocenters. The zero-order valence-corrected chi connectivity index (χ0v) is 23.0. The lowest BCUT2D eigenvalue weighted by molar-refractivity contribution is -0.137. The number of aliphatic hydroxyl groups is 1. The number of alkyl halides is 3. The Balaban J connectivity index is 0.00000260. The Kier molecular flexibility index (Phi) is 10.7. The fraction of sp³-hybridized carbons (Fsp3) is 0.393. The number of carbonyl (C=O) groups excluding carboxylic acids is 2. The van der Waals surface area contributed by atoms with Crippen molar-refractivity contribution in [3.05, 3.63) is 71.5 Å². The van der Waals surface area contributed by atoms with Gasteiger partial charge in [-0.15, -0.1) is 0 Å². The van der Waals surface area contributed by atoms with Crippen LogP contribution >= 0.6 is 0 Å². The number of aliphatic hydroxyl groups excluding tert-OH is 1. The smallest absolute Gasteiger partial charge is 0.416 e. The van der Waals surface area contributed by atoms with Crippen molar-refractivity contribution >= 4 is 23.6 Å². The van der Waals surface area contributed by atoms with E-state index in [2.05, 4.69) is 10.3 Å². The molecule has 1 aromatic heterocycles. The summed E-state index contributed by atoms with van der Waals surface area (Å²) >= 11 is 0. The second-order valence-electron chi connectivity index (χ2n) is 9.07. The summed E-state index contributed by atoms with van der Waals surface area (Å²) in [6.45, 7) is 10.5. The molecule has 0 unspecified atom stereocenters. The van der Waals surface area contributed by atoms with E-state index in [1.165, 1.54) is 12.1 Å². The van der Waals surface area contributed by atoms with Crippen LogP contribution in [0, 0.1) is 6.92 Å². The average molecular weight is 549 g/mol. The van der Waals surface area contributed by atoms with Gasteiger partial charge in [0.2, 0.25) is 6.41 Å². The van der Waals surface area contributed by atoms with Crippen LogP contribution in [0.25, 0.3) is 11.3 Å². The third kappa shape index (κ3) is 8.31. The summed E-state index contributed by atoms with van der Waals surface area (Å²) in [6.07, 6.45) is 3.97. The monoisotopic (exact) mass is 548 g/mol. The third-order valence-electron chi connectivity index (χ3n) is 5.60. The first-order valence-electron chi connectivity index (χ1n) is 12.5. The summed E-state index contributed by atoms with van der Waals surface area (Å²) < 4.78 is 47.5. The lowest BCUT2D eigenvalue weighted by atomic mass is 9.93. The number of allylic oxidation sites excluding steroid dienone is 3. The van der Waals surface area contributed by atoms with Crippen molar-refractivity contribution in [2.24, 2.45) is 0 Å². The summed E-state index contributed by atoms with van der Waals surface area (Å²) in [5.41, 5.74) is 0.461. The van der Waals surface area contributed by atoms with E-state index >= 15 is 0 Å². The highest BCUT2D eigenvalue weighted by Gasteiger charge is 2.34. The second-order valence-corrected chi connectivity index (χ2v) is 9.07. The number of aromatic nitrogens is 2. The Labute approximate surface area is 226 Å². The molecule has 0 saturated heterocycles. The fourth-order valence-corrected chi connectivity index (χ4v) is 3.81. The molecule has 1 aromatic carbocycles. The van der Waals surface area contributed by atoms with Crippen LogP contribution in [-0.4, -0.2) is 57.2 Å². The number of nitrogens with zero attached hydrogens (tertiary/aromatic N) is 3. The molecular weight excluding hydrogens is 513 g/mol. The van der Waals surface area contributed by atoms with E-state index in [1.54, 1.807) is 50.0 Å². The molecule has 39 heavy (non-hydrogen) atoms. The highest BCUT2D eigenvalue weighted by Crippen LogP contribution is 2.39. The van der Waals surface area contributed by atoms with Gasteiger partial charge in [0.25, 0.3) is 5.91 Å². The van der Waals surface area contributed by atoms with E-state index in [0.717, 1.165) is 22.7 Å². The Hall–Kier alpha value is -3.86. The van der Waals surface area contributed by atoms with Gasteiger partial charge in [0.05, 0.1) is 24.2 Å². The van der Waals surface area contributed by atoms with Crippen LogP contribution in [0.3, 0.4) is 0 Å². The maximum absolute atomic E-state index is 13.3. The highest BCUT2D eigenvalue weighted by molar-refractivity contribution is 5.96. The fourth-order valence-electron chi connectivity index (χ4n) is 3.81. The van der Waals surface area contributed by atoms with Gasteiger partial charge in [-0.05, 0) is 69.7 Å². The number of fused-ring (bicyclic) bond motifs is 1. The molecule has 2 N–H and O–H groups in total. The molecule has 11 heteroatoms. The summed E-state index contributed by atoms with van der Waals surface area (Å²) in [6, 6.07) is 3.20. The number of ether oxygens (including phenoxy) is 1. The molecule has 212 valence electrons. The van der Waals surface area contributed by atoms with Gasteiger partial charge in [-0.25, -0.2) is 4.98 Å². The Morgan fingerprint density at radius 1 is 1.26 bits per heavy atom. The number of hydrogen-bond donors (Lipinski definition) is 2. The second kappa shape index (κ2) is 13.3. The molecule has 0 radical (unpaired) electrons. The van der Waals surface area contributed by atoms with E-state index < -0.39 is 23.2 Å². The summed E-state index contributed by atoms with van der Waals surface area (Å²) in [4.78, 5) is 30.0. The Morgan fingerprint density at radius 3 is 2.51 bits per heavy atom. The number of nitrogens with one attached hydrogen (secondary N) is 1. The molecular formula is C28H35F3N4O4. The SMILES string of the molecule is C/C(=C\C=C(\C(=O)NCC1=CC(C)(C)Oc2ccc(C(F)(F)F)cc21)N(C=O)CCO)n1cnc(C)c1.CC. The molecule has 3 rings (SSSR count). The normalized spacial score (nSPS) is 14.8. The van der Waals surface area contributed by atoms with Crippen LogP contribution < -0.4 is 10.1 Å². The zero-order valence-electron chi connectivity index (χ0n) is 23.0. The summed E-state index contributed by atoms with van der Waals surface area (Å²) in [5, 5.41) is 12.0. The maximum atomic E-state index is 13.3. The van der Waals surface area contributed by atoms with Crippen LogP contribution in [0.15, 0.2) is 54.6 Å². The molecule has 2 heterocycles. The van der Waals surface area contributed by atoms with E-state index in [0.29, 0.717) is 17.7 Å². The van der Waals surface area contributed by atoms with Crippen LogP contribution in [0.5, 0.6) is 5.75 Å². The quantitative estimate of drug-likeness (QED) is 0.267. The molecule has 0 spiro atoms. The highest BCUT2D eigenvalue weighted by atomic mass is 19.4. The first kappa shape index (κ1) is 31.4. The van der Waals surface area contributed by atoms with Gasteiger partial charge in [-0.2, -0.15) is 13.2 Å². The van der Waals surface area contributed by atoms with Gasteiger partial charge in [0.1, 0.15) is 17.0 Å². The van der Waals surface area contributed by atoms with Gasteiger partial charge in [-0.1, -0.05) is 13.8 Å². The van der Waals surface area contributed by atoms with Crippen molar-refractivity contribution in [2.45, 2.75) is 53.3 Å². The summed E-state index contributed by atoms with van der Waals surface area (Å²) in [7, 11) is 0. The van der Waals surface area contributed by atoms with Gasteiger partial charge in [-0.3, -0.25) is 9.59 Å². The molecule has 0 aliphatic carbocycles. The van der Waals surface area contributed by atoms with Crippen molar-refractivity contribution < 1.29 is 32.6 Å². The molecule has 2 aromatic rings. The molecule has 0 bridgehead atoms. The van der Waals surface area contributed by atoms with Gasteiger partial charge < -0.3 is 24.6 Å². The standard InChI is InChI=1S/C26H29F3N4O4.C2H6/c1-17-14-33(15-31-17)18(2)5-7-22(32(16-35)9-10-34)24(36)30-13-19-12-25(3,4)37-23-8-6-20(11-21(19)23)26(27,28)29;1-2/h5-8,11-12,14-16,34H,9-10,13H2,1-4H3,(H,30,36);1-2H3/b18-5+,22-7-;. The number of aryl methyl sites for hydroxylation is 1. The minimum atomic E-state index is -4.54. The van der Waals surface area contributed by atoms with Crippen molar-refractivity contribution in [2.75, 3.05) is 19.7 Å². The van der Waals surface area contributed by atoms with Crippen molar-refractivity contribution in [1.29, 1.82) is 0 Å². The molecule has 2 amide bonds. The Morgan fingerprint density at radius 2 is 1.95 bits per heavy atom. The largest absolute Gasteiger partial charge is 0.483 e. The van der Waals surface area contributed by atoms with Crippen LogP contribution in [0.4, 0.5) is 13.2 Å². The van der Waals surface area contributed by atoms with E-state index in [9.17, 15) is 27.9 Å². The van der Waals surface area contributed by atoms with Gasteiger partial charge in [0, 0.05) is 30.5 Å². The predicted octanol–water partition coefficient (Wildman–Crippen LogP) is 4.80. The van der Waals surface area contributed by atoms with Gasteiger partial charge in [0.15, 0.2) is 0 Å². The minimum absolute atomic E-state index is 0.0450. The van der Waals surface area contributed by atoms with E-state index in [4.69, 9.17) is 4.74 Å². The van der Waals surface area contributed by atoms with Crippen LogP contribution in [0.1, 0.15) is 51.4 Å². The van der Waals surface area contributed by atoms with Crippen molar-refractivity contribution in [1.82, 2.24) is 19.8 Å². The Bertz CT molecular complexity index is 1260. The molecule has 8 nitrogen and oxygen atoms in total. The number of halogens is 3. The maximum Gasteiger partial charge on any atom is 0.416 e. The van der Waals surface area contributed by atoms with Crippen LogP contribution in [0.2, 0.25) is 0 Å². The number of rotatable bonds is 9. The predicted molar refractivity (Wildman–Crippen MR) is 143 cm³/mol. The number of amides is 2. The minimum Gasteiger partial charge on any atom is -0.483 e. The first-order valence-corrected chi connectivity index (χ1v) is 12.5. The van der Waals surface area contributed by atoms with Gasteiger partial charge >= 0.3 is 6.18 Å². The number of benzene rings is 1. The zero-order chi connectivity index (χ0) is 29.4. The van der Waals surface area contributed by atoms with Crippen LogP contribution in [-0.2, 0) is 15.8 Å². The lowest BCUT2D eigenvalue weighted by Gasteiger charge is -2.32. The number of carbonyl (C=O) groups is 2. The molecule has 0 saturated carbocycles. The van der Waals surface area contributed by atoms with E-state index in [-0.39, 0.29) is 36.7 Å². The molecule has 1 aliphatic rings. The van der Waals surface area contributed by atoms with Crippen molar-refractivity contribution in [3.8, 4) is 5.75 Å². The first-order chi connectivity index (χ1) is 18.3. The average Bonchev–Trinajstić information content (AvgIpc) is 3.32. The topological polar surface area (TPSA) is 96.7 Å². The van der Waals surface area contributed by atoms with E-state index in [1.807, 2.05) is 20.8 Å². The van der Waals surface area contributed by atoms with Crippen molar-refractivity contribution in [3.63, 3.8) is 0 Å². The molecule has 0 fully saturated rings. The third-order valence-corrected chi connectivity index (χ3v) is 5.60. The number of hydrogen-bond acceptors (Lipinski definition) is 5. The lowest BCUT2D eigenvalue weighted by Crippen LogP contribution is -2.37. The summed E-state index contributed by atoms with van der Waals surface area (Å²) in [5.74, 6) is -0.380. The number of imidazole rings is 1. The molecule has 1 aliphatic heterocycles.